The van der Waals surface area contributed by atoms with Crippen LogP contribution in [0, 0.1) is 0 Å². The van der Waals surface area contributed by atoms with Crippen LogP contribution < -0.4 is 10.1 Å². The van der Waals surface area contributed by atoms with Gasteiger partial charge in [0.1, 0.15) is 11.4 Å². The van der Waals surface area contributed by atoms with Gasteiger partial charge in [0, 0.05) is 11.6 Å². The summed E-state index contributed by atoms with van der Waals surface area (Å²) in [5, 5.41) is 7.15. The number of ether oxygens (including phenoxy) is 1. The van der Waals surface area contributed by atoms with Crippen LogP contribution in [0.2, 0.25) is 5.02 Å². The minimum Gasteiger partial charge on any atom is -0.497 e. The number of aromatic nitrogens is 1. The molecule has 6 heteroatoms. The quantitative estimate of drug-likeness (QED) is 0.763. The molecule has 0 bridgehead atoms. The van der Waals surface area contributed by atoms with Crippen LogP contribution in [0.1, 0.15) is 16.1 Å². The summed E-state index contributed by atoms with van der Waals surface area (Å²) in [4.78, 5) is 12.1. The molecule has 0 aliphatic rings. The Morgan fingerprint density at radius 1 is 1.21 bits per heavy atom. The van der Waals surface area contributed by atoms with Crippen molar-refractivity contribution in [3.05, 3.63) is 70.9 Å². The molecule has 0 unspecified atom stereocenters. The Balaban J connectivity index is 1.66. The Hall–Kier alpha value is -2.79. The zero-order valence-corrected chi connectivity index (χ0v) is 13.7. The molecule has 2 aromatic carbocycles. The van der Waals surface area contributed by atoms with Crippen molar-refractivity contribution in [2.45, 2.75) is 6.54 Å². The van der Waals surface area contributed by atoms with Gasteiger partial charge in [-0.25, -0.2) is 0 Å². The molecular formula is C18H15ClN2O3. The van der Waals surface area contributed by atoms with E-state index in [1.54, 1.807) is 37.4 Å². The lowest BCUT2D eigenvalue weighted by molar-refractivity contribution is 0.0950. The predicted molar refractivity (Wildman–Crippen MR) is 91.1 cm³/mol. The zero-order chi connectivity index (χ0) is 16.9. The largest absolute Gasteiger partial charge is 0.497 e. The van der Waals surface area contributed by atoms with Gasteiger partial charge in [-0.05, 0) is 36.4 Å². The van der Waals surface area contributed by atoms with Crippen LogP contribution in [0.25, 0.3) is 11.3 Å². The summed E-state index contributed by atoms with van der Waals surface area (Å²) in [5.74, 6) is 1.14. The molecule has 0 aliphatic heterocycles. The van der Waals surface area contributed by atoms with E-state index in [-0.39, 0.29) is 12.5 Å². The van der Waals surface area contributed by atoms with Gasteiger partial charge in [-0.3, -0.25) is 4.79 Å². The van der Waals surface area contributed by atoms with Crippen molar-refractivity contribution in [3.63, 3.8) is 0 Å². The van der Waals surface area contributed by atoms with Crippen LogP contribution in [-0.2, 0) is 6.54 Å². The van der Waals surface area contributed by atoms with Gasteiger partial charge < -0.3 is 14.6 Å². The zero-order valence-electron chi connectivity index (χ0n) is 13.0. The van der Waals surface area contributed by atoms with Crippen LogP contribution >= 0.6 is 11.6 Å². The van der Waals surface area contributed by atoms with Gasteiger partial charge in [0.2, 0.25) is 0 Å². The monoisotopic (exact) mass is 342 g/mol. The van der Waals surface area contributed by atoms with Crippen LogP contribution in [0.4, 0.5) is 0 Å². The van der Waals surface area contributed by atoms with Gasteiger partial charge in [0.15, 0.2) is 5.76 Å². The van der Waals surface area contributed by atoms with Gasteiger partial charge in [0.05, 0.1) is 24.2 Å². The molecule has 0 radical (unpaired) electrons. The number of hydrogen-bond acceptors (Lipinski definition) is 4. The first-order chi connectivity index (χ1) is 11.7. The lowest BCUT2D eigenvalue weighted by atomic mass is 10.1. The normalized spacial score (nSPS) is 10.4. The van der Waals surface area contributed by atoms with E-state index in [4.69, 9.17) is 20.9 Å². The lowest BCUT2D eigenvalue weighted by Gasteiger charge is -2.04. The number of nitrogens with one attached hydrogen (secondary N) is 1. The summed E-state index contributed by atoms with van der Waals surface area (Å²) in [6.07, 6.45) is 0. The Kier molecular flexibility index (Phi) is 4.82. The minimum absolute atomic E-state index is 0.254. The molecular weight excluding hydrogens is 328 g/mol. The first-order valence-corrected chi connectivity index (χ1v) is 7.68. The van der Waals surface area contributed by atoms with Gasteiger partial charge in [0.25, 0.3) is 5.91 Å². The van der Waals surface area contributed by atoms with Crippen molar-refractivity contribution in [3.8, 4) is 17.1 Å². The van der Waals surface area contributed by atoms with Gasteiger partial charge in [-0.15, -0.1) is 0 Å². The van der Waals surface area contributed by atoms with E-state index in [0.717, 1.165) is 11.3 Å². The number of carbonyl (C=O) groups is 1. The SMILES string of the molecule is COc1ccc(-c2cc(CNC(=O)c3ccccc3Cl)no2)cc1. The maximum Gasteiger partial charge on any atom is 0.253 e. The highest BCUT2D eigenvalue weighted by Gasteiger charge is 2.11. The van der Waals surface area contributed by atoms with E-state index in [1.807, 2.05) is 24.3 Å². The van der Waals surface area contributed by atoms with Crippen LogP contribution in [0.3, 0.4) is 0 Å². The summed E-state index contributed by atoms with van der Waals surface area (Å²) in [5.41, 5.74) is 1.94. The summed E-state index contributed by atoms with van der Waals surface area (Å²) >= 11 is 6.00. The van der Waals surface area contributed by atoms with Gasteiger partial charge in [-0.1, -0.05) is 28.9 Å². The fraction of sp³-hybridized carbons (Fsp3) is 0.111. The molecule has 0 aliphatic carbocycles. The first-order valence-electron chi connectivity index (χ1n) is 7.30. The van der Waals surface area contributed by atoms with Crippen molar-refractivity contribution in [1.82, 2.24) is 10.5 Å². The average molecular weight is 343 g/mol. The molecule has 0 atom stereocenters. The number of halogens is 1. The Morgan fingerprint density at radius 3 is 2.67 bits per heavy atom. The number of carbonyl (C=O) groups excluding carboxylic acids is 1. The topological polar surface area (TPSA) is 64.4 Å². The standard InChI is InChI=1S/C18H15ClN2O3/c1-23-14-8-6-12(7-9-14)17-10-13(21-24-17)11-20-18(22)15-4-2-3-5-16(15)19/h2-10H,11H2,1H3,(H,20,22). The van der Waals surface area contributed by atoms with E-state index in [1.165, 1.54) is 0 Å². The molecule has 1 heterocycles. The van der Waals surface area contributed by atoms with E-state index in [2.05, 4.69) is 10.5 Å². The molecule has 1 aromatic heterocycles. The second-order valence-electron chi connectivity index (χ2n) is 5.07. The van der Waals surface area contributed by atoms with Crippen molar-refractivity contribution < 1.29 is 14.1 Å². The molecule has 122 valence electrons. The van der Waals surface area contributed by atoms with Crippen LogP contribution in [-0.4, -0.2) is 18.2 Å². The second-order valence-corrected chi connectivity index (χ2v) is 5.48. The second kappa shape index (κ2) is 7.19. The molecule has 1 N–H and O–H groups in total. The molecule has 5 nitrogen and oxygen atoms in total. The van der Waals surface area contributed by atoms with E-state index in [0.29, 0.717) is 22.0 Å². The number of benzene rings is 2. The van der Waals surface area contributed by atoms with E-state index < -0.39 is 0 Å². The summed E-state index contributed by atoms with van der Waals surface area (Å²) in [6, 6.07) is 16.1. The number of rotatable bonds is 5. The highest BCUT2D eigenvalue weighted by molar-refractivity contribution is 6.33. The number of methoxy groups -OCH3 is 1. The Bertz CT molecular complexity index is 843. The van der Waals surface area contributed by atoms with Gasteiger partial charge >= 0.3 is 0 Å². The van der Waals surface area contributed by atoms with E-state index >= 15 is 0 Å². The molecule has 1 amide bonds. The lowest BCUT2D eigenvalue weighted by Crippen LogP contribution is -2.23. The highest BCUT2D eigenvalue weighted by Crippen LogP contribution is 2.23. The average Bonchev–Trinajstić information content (AvgIpc) is 3.09. The minimum atomic E-state index is -0.255. The molecule has 0 saturated heterocycles. The number of nitrogens with zero attached hydrogens (tertiary/aromatic N) is 1. The maximum absolute atomic E-state index is 12.1. The Labute approximate surface area is 144 Å². The number of amides is 1. The summed E-state index contributed by atoms with van der Waals surface area (Å²) in [6.45, 7) is 0.254. The maximum atomic E-state index is 12.1. The number of hydrogen-bond donors (Lipinski definition) is 1. The third-order valence-electron chi connectivity index (χ3n) is 3.48. The molecule has 3 rings (SSSR count). The van der Waals surface area contributed by atoms with Crippen molar-refractivity contribution in [2.24, 2.45) is 0 Å². The van der Waals surface area contributed by atoms with Gasteiger partial charge in [-0.2, -0.15) is 0 Å². The van der Waals surface area contributed by atoms with Crippen LogP contribution in [0.5, 0.6) is 5.75 Å². The van der Waals surface area contributed by atoms with Crippen molar-refractivity contribution >= 4 is 17.5 Å². The smallest absolute Gasteiger partial charge is 0.253 e. The molecule has 3 aromatic rings. The Morgan fingerprint density at radius 2 is 1.96 bits per heavy atom. The molecule has 0 fully saturated rings. The van der Waals surface area contributed by atoms with Crippen molar-refractivity contribution in [2.75, 3.05) is 7.11 Å². The fourth-order valence-electron chi connectivity index (χ4n) is 2.20. The summed E-state index contributed by atoms with van der Waals surface area (Å²) in [7, 11) is 1.61. The third kappa shape index (κ3) is 3.58. The first kappa shape index (κ1) is 16.1. The van der Waals surface area contributed by atoms with E-state index in [9.17, 15) is 4.79 Å². The predicted octanol–water partition coefficient (Wildman–Crippen LogP) is 3.93. The third-order valence-corrected chi connectivity index (χ3v) is 3.81. The molecule has 0 spiro atoms. The van der Waals surface area contributed by atoms with Crippen LogP contribution in [0.15, 0.2) is 59.1 Å². The summed E-state index contributed by atoms with van der Waals surface area (Å²) < 4.78 is 10.4. The highest BCUT2D eigenvalue weighted by atomic mass is 35.5. The molecule has 24 heavy (non-hydrogen) atoms. The van der Waals surface area contributed by atoms with Crippen molar-refractivity contribution in [1.29, 1.82) is 0 Å². The molecule has 0 saturated carbocycles. The fourth-order valence-corrected chi connectivity index (χ4v) is 2.42.